The fraction of sp³-hybridized carbons (Fsp3) is 0.286. The van der Waals surface area contributed by atoms with Crippen LogP contribution in [0.1, 0.15) is 12.8 Å². The lowest BCUT2D eigenvalue weighted by atomic mass is 10.1. The monoisotopic (exact) mass is 470 g/mol. The van der Waals surface area contributed by atoms with Crippen LogP contribution in [-0.2, 0) is 9.84 Å². The number of hydrogen-bond donors (Lipinski definition) is 1. The Hall–Kier alpha value is -3.80. The van der Waals surface area contributed by atoms with Gasteiger partial charge in [-0.1, -0.05) is 12.1 Å². The number of hydrogen-bond acceptors (Lipinski definition) is 10. The zero-order valence-corrected chi connectivity index (χ0v) is 18.6. The third-order valence-corrected chi connectivity index (χ3v) is 6.37. The first-order valence-electron chi connectivity index (χ1n) is 10.2. The number of piperidine rings is 1. The molecule has 33 heavy (non-hydrogen) atoms. The Morgan fingerprint density at radius 3 is 2.48 bits per heavy atom. The highest BCUT2D eigenvalue weighted by molar-refractivity contribution is 7.90. The molecule has 0 bridgehead atoms. The van der Waals surface area contributed by atoms with Crippen LogP contribution in [0.3, 0.4) is 0 Å². The van der Waals surface area contributed by atoms with Crippen LogP contribution in [0.2, 0.25) is 0 Å². The van der Waals surface area contributed by atoms with Crippen molar-refractivity contribution >= 4 is 32.8 Å². The molecule has 3 aromatic rings. The average Bonchev–Trinajstić information content (AvgIpc) is 2.80. The van der Waals surface area contributed by atoms with E-state index in [1.165, 1.54) is 18.5 Å². The molecule has 0 unspecified atom stereocenters. The van der Waals surface area contributed by atoms with Crippen molar-refractivity contribution in [3.05, 3.63) is 65.2 Å². The predicted octanol–water partition coefficient (Wildman–Crippen LogP) is 2.97. The zero-order chi connectivity index (χ0) is 23.4. The Bertz CT molecular complexity index is 1250. The molecule has 4 rings (SSSR count). The number of ether oxygens (including phenoxy) is 1. The van der Waals surface area contributed by atoms with Gasteiger partial charge >= 0.3 is 5.69 Å². The van der Waals surface area contributed by atoms with Crippen molar-refractivity contribution < 1.29 is 18.1 Å². The number of para-hydroxylation sites is 1. The fourth-order valence-electron chi connectivity index (χ4n) is 3.68. The minimum Gasteiger partial charge on any atom is -0.490 e. The maximum Gasteiger partial charge on any atom is 0.353 e. The number of anilines is 3. The summed E-state index contributed by atoms with van der Waals surface area (Å²) < 4.78 is 30.2. The van der Waals surface area contributed by atoms with Gasteiger partial charge in [-0.05, 0) is 24.3 Å². The Morgan fingerprint density at radius 2 is 1.82 bits per heavy atom. The average molecular weight is 471 g/mol. The Balaban J connectivity index is 1.56. The summed E-state index contributed by atoms with van der Waals surface area (Å²) in [6.45, 7) is 1.01. The molecule has 3 heterocycles. The molecule has 2 aromatic heterocycles. The SMILES string of the molecule is CS(=O)(=O)c1ccccc1Nc1ncnc(N2CCC(Oc3ccncc3)CC2)c1[N+](=O)[O-]. The quantitative estimate of drug-likeness (QED) is 0.405. The molecule has 0 radical (unpaired) electrons. The Kier molecular flexibility index (Phi) is 6.36. The molecular formula is C21H22N6O5S. The van der Waals surface area contributed by atoms with Crippen LogP contribution in [0.15, 0.2) is 60.0 Å². The number of nitrogens with one attached hydrogen (secondary N) is 1. The van der Waals surface area contributed by atoms with Gasteiger partial charge in [-0.3, -0.25) is 15.1 Å². The maximum atomic E-state index is 12.1. The van der Waals surface area contributed by atoms with Gasteiger partial charge in [-0.2, -0.15) is 0 Å². The van der Waals surface area contributed by atoms with Crippen molar-refractivity contribution in [3.8, 4) is 5.75 Å². The highest BCUT2D eigenvalue weighted by Crippen LogP contribution is 2.36. The zero-order valence-electron chi connectivity index (χ0n) is 17.8. The van der Waals surface area contributed by atoms with Gasteiger partial charge in [-0.25, -0.2) is 18.4 Å². The standard InChI is InChI=1S/C21H22N6O5S/c1-33(30,31)18-5-3-2-4-17(18)25-20-19(27(28)29)21(24-14-23-20)26-12-8-16(9-13-26)32-15-6-10-22-11-7-15/h2-7,10-11,14,16H,8-9,12-13H2,1H3,(H,23,24,25). The molecule has 1 aromatic carbocycles. The number of sulfone groups is 1. The van der Waals surface area contributed by atoms with Gasteiger partial charge in [0.05, 0.1) is 15.5 Å². The van der Waals surface area contributed by atoms with E-state index < -0.39 is 14.8 Å². The highest BCUT2D eigenvalue weighted by atomic mass is 32.2. The lowest BCUT2D eigenvalue weighted by Gasteiger charge is -2.32. The lowest BCUT2D eigenvalue weighted by molar-refractivity contribution is -0.383. The summed E-state index contributed by atoms with van der Waals surface area (Å²) in [5, 5.41) is 14.8. The van der Waals surface area contributed by atoms with Crippen LogP contribution in [-0.4, -0.2) is 53.7 Å². The molecule has 1 saturated heterocycles. The van der Waals surface area contributed by atoms with Gasteiger partial charge in [0, 0.05) is 44.6 Å². The number of benzene rings is 1. The second-order valence-electron chi connectivity index (χ2n) is 7.53. The summed E-state index contributed by atoms with van der Waals surface area (Å²) in [7, 11) is -3.55. The van der Waals surface area contributed by atoms with Crippen LogP contribution < -0.4 is 15.0 Å². The van der Waals surface area contributed by atoms with E-state index in [-0.39, 0.29) is 34.0 Å². The van der Waals surface area contributed by atoms with Crippen LogP contribution in [0, 0.1) is 10.1 Å². The van der Waals surface area contributed by atoms with Crippen molar-refractivity contribution in [2.45, 2.75) is 23.8 Å². The minimum absolute atomic E-state index is 0.0218. The topological polar surface area (TPSA) is 140 Å². The Morgan fingerprint density at radius 1 is 1.12 bits per heavy atom. The fourth-order valence-corrected chi connectivity index (χ4v) is 4.52. The predicted molar refractivity (Wildman–Crippen MR) is 122 cm³/mol. The number of nitrogens with zero attached hydrogens (tertiary/aromatic N) is 5. The number of rotatable bonds is 7. The molecule has 172 valence electrons. The summed E-state index contributed by atoms with van der Waals surface area (Å²) in [4.78, 5) is 25.4. The molecule has 1 N–H and O–H groups in total. The van der Waals surface area contributed by atoms with Crippen molar-refractivity contribution in [1.82, 2.24) is 15.0 Å². The van der Waals surface area contributed by atoms with E-state index in [2.05, 4.69) is 20.3 Å². The van der Waals surface area contributed by atoms with E-state index in [0.29, 0.717) is 25.9 Å². The van der Waals surface area contributed by atoms with Crippen molar-refractivity contribution in [1.29, 1.82) is 0 Å². The lowest BCUT2D eigenvalue weighted by Crippen LogP contribution is -2.39. The summed E-state index contributed by atoms with van der Waals surface area (Å²) in [5.41, 5.74) is -0.105. The molecule has 11 nitrogen and oxygen atoms in total. The van der Waals surface area contributed by atoms with Crippen molar-refractivity contribution in [2.75, 3.05) is 29.6 Å². The van der Waals surface area contributed by atoms with Crippen molar-refractivity contribution in [2.24, 2.45) is 0 Å². The number of aromatic nitrogens is 3. The molecule has 1 aliphatic heterocycles. The molecule has 12 heteroatoms. The maximum absolute atomic E-state index is 12.1. The van der Waals surface area contributed by atoms with Gasteiger partial charge in [0.2, 0.25) is 11.6 Å². The summed E-state index contributed by atoms with van der Waals surface area (Å²) in [5.74, 6) is 0.834. The molecule has 0 atom stereocenters. The molecule has 0 saturated carbocycles. The van der Waals surface area contributed by atoms with Crippen molar-refractivity contribution in [3.63, 3.8) is 0 Å². The second kappa shape index (κ2) is 9.36. The van der Waals surface area contributed by atoms with Gasteiger partial charge in [0.25, 0.3) is 0 Å². The van der Waals surface area contributed by atoms with E-state index >= 15 is 0 Å². The van der Waals surface area contributed by atoms with Crippen LogP contribution in [0.5, 0.6) is 5.75 Å². The summed E-state index contributed by atoms with van der Waals surface area (Å²) in [6, 6.07) is 9.75. The molecular weight excluding hydrogens is 448 g/mol. The summed E-state index contributed by atoms with van der Waals surface area (Å²) >= 11 is 0. The Labute approximate surface area is 190 Å². The number of nitro groups is 1. The van der Waals surface area contributed by atoms with Crippen LogP contribution >= 0.6 is 0 Å². The third-order valence-electron chi connectivity index (χ3n) is 5.22. The van der Waals surface area contributed by atoms with E-state index in [0.717, 1.165) is 12.0 Å². The van der Waals surface area contributed by atoms with Gasteiger partial charge in [-0.15, -0.1) is 0 Å². The van der Waals surface area contributed by atoms with E-state index in [9.17, 15) is 18.5 Å². The second-order valence-corrected chi connectivity index (χ2v) is 9.52. The molecule has 0 spiro atoms. The first-order valence-corrected chi connectivity index (χ1v) is 12.1. The molecule has 0 aliphatic carbocycles. The van der Waals surface area contributed by atoms with E-state index in [4.69, 9.17) is 4.74 Å². The van der Waals surface area contributed by atoms with Gasteiger partial charge in [0.1, 0.15) is 18.2 Å². The third kappa shape index (κ3) is 5.17. The first-order chi connectivity index (χ1) is 15.8. The van der Waals surface area contributed by atoms with E-state index in [1.54, 1.807) is 36.7 Å². The summed E-state index contributed by atoms with van der Waals surface area (Å²) in [6.07, 6.45) is 6.91. The largest absolute Gasteiger partial charge is 0.490 e. The molecule has 1 aliphatic rings. The van der Waals surface area contributed by atoms with Gasteiger partial charge in [0.15, 0.2) is 9.84 Å². The molecule has 0 amide bonds. The highest BCUT2D eigenvalue weighted by Gasteiger charge is 2.31. The van der Waals surface area contributed by atoms with Crippen LogP contribution in [0.4, 0.5) is 23.0 Å². The smallest absolute Gasteiger partial charge is 0.353 e. The number of pyridine rings is 1. The van der Waals surface area contributed by atoms with Gasteiger partial charge < -0.3 is 15.0 Å². The molecule has 1 fully saturated rings. The van der Waals surface area contributed by atoms with E-state index in [1.807, 2.05) is 4.90 Å². The normalized spacial score (nSPS) is 14.6. The minimum atomic E-state index is -3.55. The van der Waals surface area contributed by atoms with Crippen LogP contribution in [0.25, 0.3) is 0 Å². The first kappa shape index (κ1) is 22.4.